The molecule has 9 heteroatoms. The maximum atomic E-state index is 13.5. The van der Waals surface area contributed by atoms with Crippen molar-refractivity contribution < 1.29 is 21.6 Å². The van der Waals surface area contributed by atoms with Crippen LogP contribution in [-0.4, -0.2) is 8.42 Å². The van der Waals surface area contributed by atoms with Gasteiger partial charge in [-0.3, -0.25) is 4.72 Å². The van der Waals surface area contributed by atoms with Crippen LogP contribution < -0.4 is 10.5 Å². The Morgan fingerprint density at radius 1 is 1.10 bits per heavy atom. The maximum Gasteiger partial charge on any atom is 0.263 e. The average Bonchev–Trinajstić information content (AvgIpc) is 2.37. The Bertz CT molecular complexity index is 812. The smallest absolute Gasteiger partial charge is 0.263 e. The molecule has 112 valence electrons. The van der Waals surface area contributed by atoms with E-state index in [4.69, 9.17) is 5.73 Å². The number of nitrogen functional groups attached to an aromatic ring is 1. The molecule has 0 unspecified atom stereocenters. The van der Waals surface area contributed by atoms with E-state index in [1.807, 2.05) is 0 Å². The molecule has 0 spiro atoms. The number of hydrogen-bond acceptors (Lipinski definition) is 3. The van der Waals surface area contributed by atoms with Gasteiger partial charge in [-0.25, -0.2) is 21.6 Å². The summed E-state index contributed by atoms with van der Waals surface area (Å²) < 4.78 is 65.9. The van der Waals surface area contributed by atoms with Gasteiger partial charge in [-0.15, -0.1) is 0 Å². The van der Waals surface area contributed by atoms with E-state index in [1.54, 1.807) is 4.72 Å². The fraction of sp³-hybridized carbons (Fsp3) is 0. The molecule has 0 fully saturated rings. The maximum absolute atomic E-state index is 13.5. The molecule has 21 heavy (non-hydrogen) atoms. The Morgan fingerprint density at radius 2 is 1.76 bits per heavy atom. The molecule has 3 N–H and O–H groups in total. The fourth-order valence-corrected chi connectivity index (χ4v) is 3.61. The number of nitrogens with one attached hydrogen (secondary N) is 1. The van der Waals surface area contributed by atoms with Gasteiger partial charge in [-0.05, 0) is 34.1 Å². The number of rotatable bonds is 3. The molecule has 0 aliphatic rings. The van der Waals surface area contributed by atoms with Crippen LogP contribution in [0.3, 0.4) is 0 Å². The molecule has 2 aromatic rings. The molecule has 0 aliphatic carbocycles. The van der Waals surface area contributed by atoms with Gasteiger partial charge in [0, 0.05) is 22.3 Å². The SMILES string of the molecule is Nc1ccc(Br)c(S(=O)(=O)Nc2cc(F)cc(F)c2F)c1. The zero-order valence-electron chi connectivity index (χ0n) is 10.2. The molecule has 0 saturated carbocycles. The summed E-state index contributed by atoms with van der Waals surface area (Å²) in [4.78, 5) is -0.286. The van der Waals surface area contributed by atoms with Crippen LogP contribution >= 0.6 is 15.9 Å². The van der Waals surface area contributed by atoms with Crippen molar-refractivity contribution in [3.63, 3.8) is 0 Å². The minimum Gasteiger partial charge on any atom is -0.399 e. The van der Waals surface area contributed by atoms with Gasteiger partial charge in [0.05, 0.1) is 5.69 Å². The highest BCUT2D eigenvalue weighted by molar-refractivity contribution is 9.10. The summed E-state index contributed by atoms with van der Waals surface area (Å²) in [5, 5.41) is 0. The number of anilines is 2. The lowest BCUT2D eigenvalue weighted by molar-refractivity contribution is 0.498. The highest BCUT2D eigenvalue weighted by Gasteiger charge is 2.21. The second-order valence-electron chi connectivity index (χ2n) is 4.04. The molecule has 2 aromatic carbocycles. The van der Waals surface area contributed by atoms with Crippen LogP contribution in [0.1, 0.15) is 0 Å². The molecule has 0 aromatic heterocycles. The second kappa shape index (κ2) is 5.57. The van der Waals surface area contributed by atoms with E-state index < -0.39 is 33.2 Å². The Morgan fingerprint density at radius 3 is 2.43 bits per heavy atom. The summed E-state index contributed by atoms with van der Waals surface area (Å²) in [6.45, 7) is 0. The van der Waals surface area contributed by atoms with Crippen molar-refractivity contribution in [3.05, 3.63) is 52.3 Å². The molecule has 2 rings (SSSR count). The van der Waals surface area contributed by atoms with E-state index in [9.17, 15) is 21.6 Å². The Labute approximate surface area is 127 Å². The normalized spacial score (nSPS) is 11.4. The molecule has 0 radical (unpaired) electrons. The molecule has 0 bridgehead atoms. The third-order valence-corrected chi connectivity index (χ3v) is 4.84. The number of sulfonamides is 1. The Balaban J connectivity index is 2.50. The molecular weight excluding hydrogens is 373 g/mol. The first-order valence-corrected chi connectivity index (χ1v) is 7.71. The van der Waals surface area contributed by atoms with Gasteiger partial charge >= 0.3 is 0 Å². The second-order valence-corrected chi connectivity index (χ2v) is 6.55. The largest absolute Gasteiger partial charge is 0.399 e. The standard InChI is InChI=1S/C12H8BrF3N2O2S/c13-8-2-1-7(17)5-11(8)21(19,20)18-10-4-6(14)3-9(15)12(10)16/h1-5,18H,17H2. The van der Waals surface area contributed by atoms with Gasteiger partial charge in [0.15, 0.2) is 11.6 Å². The van der Waals surface area contributed by atoms with Gasteiger partial charge in [-0.2, -0.15) is 0 Å². The highest BCUT2D eigenvalue weighted by atomic mass is 79.9. The summed E-state index contributed by atoms with van der Waals surface area (Å²) in [6, 6.07) is 4.80. The number of halogens is 4. The van der Waals surface area contributed by atoms with Crippen molar-refractivity contribution in [1.82, 2.24) is 0 Å². The summed E-state index contributed by atoms with van der Waals surface area (Å²) in [5.41, 5.74) is 4.81. The first-order chi connectivity index (χ1) is 9.70. The first-order valence-electron chi connectivity index (χ1n) is 5.43. The van der Waals surface area contributed by atoms with Crippen LogP contribution in [0.25, 0.3) is 0 Å². The van der Waals surface area contributed by atoms with Crippen molar-refractivity contribution in [2.75, 3.05) is 10.5 Å². The van der Waals surface area contributed by atoms with Crippen molar-refractivity contribution in [2.24, 2.45) is 0 Å². The number of hydrogen-bond donors (Lipinski definition) is 2. The van der Waals surface area contributed by atoms with Crippen LogP contribution in [0.15, 0.2) is 39.7 Å². The molecule has 0 amide bonds. The number of benzene rings is 2. The lowest BCUT2D eigenvalue weighted by atomic mass is 10.3. The monoisotopic (exact) mass is 380 g/mol. The number of nitrogens with two attached hydrogens (primary N) is 1. The molecule has 4 nitrogen and oxygen atoms in total. The average molecular weight is 381 g/mol. The van der Waals surface area contributed by atoms with Crippen molar-refractivity contribution in [3.8, 4) is 0 Å². The van der Waals surface area contributed by atoms with Crippen LogP contribution in [0.4, 0.5) is 24.5 Å². The Hall–Kier alpha value is -1.74. The molecule has 0 saturated heterocycles. The Kier molecular flexibility index (Phi) is 4.15. The van der Waals surface area contributed by atoms with Crippen LogP contribution in [-0.2, 0) is 10.0 Å². The van der Waals surface area contributed by atoms with Crippen LogP contribution in [0, 0.1) is 17.5 Å². The van der Waals surface area contributed by atoms with E-state index in [-0.39, 0.29) is 15.1 Å². The fourth-order valence-electron chi connectivity index (χ4n) is 1.56. The third-order valence-electron chi connectivity index (χ3n) is 2.48. The predicted octanol–water partition coefficient (Wildman–Crippen LogP) is 3.25. The van der Waals surface area contributed by atoms with Crippen molar-refractivity contribution >= 4 is 37.3 Å². The molecule has 0 aliphatic heterocycles. The summed E-state index contributed by atoms with van der Waals surface area (Å²) in [7, 11) is -4.27. The predicted molar refractivity (Wildman–Crippen MR) is 75.7 cm³/mol. The highest BCUT2D eigenvalue weighted by Crippen LogP contribution is 2.28. The van der Waals surface area contributed by atoms with E-state index in [0.717, 1.165) is 6.07 Å². The lowest BCUT2D eigenvalue weighted by Gasteiger charge is -2.11. The van der Waals surface area contributed by atoms with E-state index >= 15 is 0 Å². The minimum atomic E-state index is -4.27. The van der Waals surface area contributed by atoms with E-state index in [0.29, 0.717) is 12.1 Å². The van der Waals surface area contributed by atoms with Crippen LogP contribution in [0.2, 0.25) is 0 Å². The zero-order chi connectivity index (χ0) is 15.8. The topological polar surface area (TPSA) is 72.2 Å². The minimum absolute atomic E-state index is 0.157. The van der Waals surface area contributed by atoms with E-state index in [1.165, 1.54) is 12.1 Å². The van der Waals surface area contributed by atoms with Gasteiger partial charge in [0.1, 0.15) is 10.7 Å². The molecule has 0 atom stereocenters. The summed E-state index contributed by atoms with van der Waals surface area (Å²) in [6.07, 6.45) is 0. The van der Waals surface area contributed by atoms with Gasteiger partial charge in [0.25, 0.3) is 10.0 Å². The van der Waals surface area contributed by atoms with Gasteiger partial charge in [0.2, 0.25) is 0 Å². The van der Waals surface area contributed by atoms with Crippen LogP contribution in [0.5, 0.6) is 0 Å². The molecule has 0 heterocycles. The lowest BCUT2D eigenvalue weighted by Crippen LogP contribution is -2.15. The van der Waals surface area contributed by atoms with Gasteiger partial charge in [-0.1, -0.05) is 0 Å². The van der Waals surface area contributed by atoms with Crippen molar-refractivity contribution in [1.29, 1.82) is 0 Å². The third kappa shape index (κ3) is 3.30. The zero-order valence-corrected chi connectivity index (χ0v) is 12.6. The quantitative estimate of drug-likeness (QED) is 0.634. The van der Waals surface area contributed by atoms with Crippen molar-refractivity contribution in [2.45, 2.75) is 4.90 Å². The van der Waals surface area contributed by atoms with Gasteiger partial charge < -0.3 is 5.73 Å². The first kappa shape index (κ1) is 15.6. The molecular formula is C12H8BrF3N2O2S. The summed E-state index contributed by atoms with van der Waals surface area (Å²) in [5.74, 6) is -4.11. The van der Waals surface area contributed by atoms with E-state index in [2.05, 4.69) is 15.9 Å². The summed E-state index contributed by atoms with van der Waals surface area (Å²) >= 11 is 3.01.